The van der Waals surface area contributed by atoms with Crippen molar-refractivity contribution in [3.05, 3.63) is 59.7 Å². The Morgan fingerprint density at radius 2 is 1.63 bits per heavy atom. The molecule has 35 heavy (non-hydrogen) atoms. The Morgan fingerprint density at radius 1 is 1.00 bits per heavy atom. The van der Waals surface area contributed by atoms with Gasteiger partial charge in [0.2, 0.25) is 10.0 Å². The quantitative estimate of drug-likeness (QED) is 0.481. The third-order valence-corrected chi connectivity index (χ3v) is 9.56. The fourth-order valence-corrected chi connectivity index (χ4v) is 8.06. The maximum Gasteiger partial charge on any atom is 0.323 e. The molecule has 2 aromatic rings. The molecule has 1 N–H and O–H groups in total. The fraction of sp³-hybridized carbons (Fsp3) is 0.462. The molecule has 1 spiro atoms. The van der Waals surface area contributed by atoms with Crippen molar-refractivity contribution in [3.8, 4) is 0 Å². The van der Waals surface area contributed by atoms with E-state index in [0.717, 1.165) is 16.8 Å². The number of hydrogen-bond acceptors (Lipinski definition) is 7. The molecule has 2 aliphatic heterocycles. The Balaban J connectivity index is 1.69. The van der Waals surface area contributed by atoms with Crippen molar-refractivity contribution < 1.29 is 27.5 Å². The molecule has 2 heterocycles. The molecule has 0 aromatic heterocycles. The van der Waals surface area contributed by atoms with Gasteiger partial charge in [0, 0.05) is 17.1 Å². The number of fused-ring (bicyclic) bond motifs is 2. The average molecular weight is 499 g/mol. The first-order chi connectivity index (χ1) is 16.7. The van der Waals surface area contributed by atoms with Crippen LogP contribution in [0.2, 0.25) is 0 Å². The van der Waals surface area contributed by atoms with Crippen LogP contribution in [0.3, 0.4) is 0 Å². The molecule has 3 unspecified atom stereocenters. The molecule has 2 aromatic carbocycles. The van der Waals surface area contributed by atoms with E-state index in [4.69, 9.17) is 9.47 Å². The third-order valence-electron chi connectivity index (χ3n) is 7.62. The zero-order valence-corrected chi connectivity index (χ0v) is 20.9. The molecule has 1 saturated heterocycles. The molecule has 1 saturated carbocycles. The van der Waals surface area contributed by atoms with Gasteiger partial charge in [0.05, 0.1) is 18.1 Å². The van der Waals surface area contributed by atoms with Crippen LogP contribution in [0.5, 0.6) is 0 Å². The monoisotopic (exact) mass is 498 g/mol. The number of esters is 2. The number of rotatable bonds is 6. The lowest BCUT2D eigenvalue weighted by atomic mass is 9.60. The molecular formula is C26H30N2O6S. The van der Waals surface area contributed by atoms with Crippen LogP contribution < -0.4 is 5.32 Å². The second-order valence-corrected chi connectivity index (χ2v) is 11.5. The van der Waals surface area contributed by atoms with E-state index in [1.54, 1.807) is 38.1 Å². The molecule has 2 bridgehead atoms. The smallest absolute Gasteiger partial charge is 0.323 e. The minimum Gasteiger partial charge on any atom is -0.465 e. The highest BCUT2D eigenvalue weighted by Gasteiger charge is 2.71. The van der Waals surface area contributed by atoms with E-state index >= 15 is 0 Å². The predicted octanol–water partition coefficient (Wildman–Crippen LogP) is 3.35. The SMILES string of the molecule is CCOC(=O)C1(C(=O)OCC)CC2CC3(C1)c1ccccc1NC3N2S(=O)(=O)c1ccc(C)cc1. The minimum absolute atomic E-state index is 0.0118. The van der Waals surface area contributed by atoms with Gasteiger partial charge in [0.25, 0.3) is 0 Å². The summed E-state index contributed by atoms with van der Waals surface area (Å²) in [6.07, 6.45) is -0.0181. The van der Waals surface area contributed by atoms with E-state index in [0.29, 0.717) is 6.42 Å². The first-order valence-electron chi connectivity index (χ1n) is 12.0. The summed E-state index contributed by atoms with van der Waals surface area (Å²) in [5, 5.41) is 3.42. The Kier molecular flexibility index (Phi) is 5.68. The van der Waals surface area contributed by atoms with Crippen LogP contribution in [0.15, 0.2) is 53.4 Å². The third kappa shape index (κ3) is 3.39. The maximum absolute atomic E-state index is 14.0. The number of nitrogens with zero attached hydrogens (tertiary/aromatic N) is 1. The molecule has 0 radical (unpaired) electrons. The topological polar surface area (TPSA) is 102 Å². The summed E-state index contributed by atoms with van der Waals surface area (Å²) in [5.41, 5.74) is 0.300. The molecule has 8 nitrogen and oxygen atoms in total. The highest BCUT2D eigenvalue weighted by Crippen LogP contribution is 2.63. The van der Waals surface area contributed by atoms with Gasteiger partial charge in [0.1, 0.15) is 6.17 Å². The van der Waals surface area contributed by atoms with E-state index in [1.165, 1.54) is 4.31 Å². The van der Waals surface area contributed by atoms with Crippen LogP contribution in [0.1, 0.15) is 44.2 Å². The highest BCUT2D eigenvalue weighted by atomic mass is 32.2. The van der Waals surface area contributed by atoms with Gasteiger partial charge in [-0.2, -0.15) is 4.31 Å². The van der Waals surface area contributed by atoms with Crippen molar-refractivity contribution in [2.45, 2.75) is 62.6 Å². The number of para-hydroxylation sites is 1. The van der Waals surface area contributed by atoms with Gasteiger partial charge < -0.3 is 14.8 Å². The van der Waals surface area contributed by atoms with Crippen molar-refractivity contribution in [2.75, 3.05) is 18.5 Å². The van der Waals surface area contributed by atoms with E-state index < -0.39 is 45.0 Å². The molecule has 9 heteroatoms. The molecule has 1 aliphatic carbocycles. The second kappa shape index (κ2) is 8.34. The zero-order chi connectivity index (χ0) is 25.0. The lowest BCUT2D eigenvalue weighted by Gasteiger charge is -2.41. The van der Waals surface area contributed by atoms with E-state index in [-0.39, 0.29) is 31.0 Å². The Hall–Kier alpha value is -2.91. The lowest BCUT2D eigenvalue weighted by molar-refractivity contribution is -0.176. The normalized spacial score (nSPS) is 26.4. The van der Waals surface area contributed by atoms with Gasteiger partial charge in [-0.15, -0.1) is 0 Å². The number of nitrogens with one attached hydrogen (secondary N) is 1. The standard InChI is InChI=1S/C26H30N2O6S/c1-4-33-23(29)26(24(30)34-5-2)15-18-14-25(16-26)20-8-6-7-9-21(20)27-22(25)28(18)35(31,32)19-12-10-17(3)11-13-19/h6-13,18,22,27H,4-5,14-16H2,1-3H3. The summed E-state index contributed by atoms with van der Waals surface area (Å²) in [6.45, 7) is 5.50. The number of carbonyl (C=O) groups excluding carboxylic acids is 2. The molecule has 3 aliphatic rings. The number of aryl methyl sites for hydroxylation is 1. The first-order valence-corrected chi connectivity index (χ1v) is 13.4. The summed E-state index contributed by atoms with van der Waals surface area (Å²) < 4.78 is 40.4. The highest BCUT2D eigenvalue weighted by molar-refractivity contribution is 7.89. The predicted molar refractivity (Wildman–Crippen MR) is 129 cm³/mol. The van der Waals surface area contributed by atoms with Crippen molar-refractivity contribution >= 4 is 27.6 Å². The van der Waals surface area contributed by atoms with Gasteiger partial charge >= 0.3 is 11.9 Å². The van der Waals surface area contributed by atoms with E-state index in [9.17, 15) is 18.0 Å². The fourth-order valence-electron chi connectivity index (χ4n) is 6.26. The number of ether oxygens (including phenoxy) is 2. The van der Waals surface area contributed by atoms with Crippen LogP contribution in [0, 0.1) is 12.3 Å². The van der Waals surface area contributed by atoms with E-state index in [2.05, 4.69) is 5.32 Å². The van der Waals surface area contributed by atoms with Crippen molar-refractivity contribution in [3.63, 3.8) is 0 Å². The second-order valence-electron chi connectivity index (χ2n) is 9.66. The summed E-state index contributed by atoms with van der Waals surface area (Å²) in [4.78, 5) is 27.0. The molecule has 5 rings (SSSR count). The van der Waals surface area contributed by atoms with Crippen LogP contribution in [0.25, 0.3) is 0 Å². The number of benzene rings is 2. The number of sulfonamides is 1. The van der Waals surface area contributed by atoms with Gasteiger partial charge in [-0.3, -0.25) is 9.59 Å². The van der Waals surface area contributed by atoms with Crippen LogP contribution in [-0.4, -0.2) is 50.1 Å². The summed E-state index contributed by atoms with van der Waals surface area (Å²) in [7, 11) is -3.95. The molecule has 2 fully saturated rings. The Morgan fingerprint density at radius 3 is 2.26 bits per heavy atom. The average Bonchev–Trinajstić information content (AvgIpc) is 3.24. The largest absolute Gasteiger partial charge is 0.465 e. The molecule has 186 valence electrons. The molecular weight excluding hydrogens is 468 g/mol. The van der Waals surface area contributed by atoms with Gasteiger partial charge in [0.15, 0.2) is 5.41 Å². The number of anilines is 1. The van der Waals surface area contributed by atoms with Gasteiger partial charge in [-0.05, 0) is 63.8 Å². The minimum atomic E-state index is -3.95. The summed E-state index contributed by atoms with van der Waals surface area (Å²) >= 11 is 0. The maximum atomic E-state index is 14.0. The Bertz CT molecular complexity index is 1260. The summed E-state index contributed by atoms with van der Waals surface area (Å²) in [5.74, 6) is -1.31. The van der Waals surface area contributed by atoms with E-state index in [1.807, 2.05) is 31.2 Å². The number of hydrogen-bond donors (Lipinski definition) is 1. The number of carbonyl (C=O) groups is 2. The van der Waals surface area contributed by atoms with Gasteiger partial charge in [-0.1, -0.05) is 35.9 Å². The van der Waals surface area contributed by atoms with Crippen LogP contribution in [0.4, 0.5) is 5.69 Å². The van der Waals surface area contributed by atoms with Crippen molar-refractivity contribution in [2.24, 2.45) is 5.41 Å². The van der Waals surface area contributed by atoms with Crippen molar-refractivity contribution in [1.82, 2.24) is 4.31 Å². The first kappa shape index (κ1) is 23.8. The zero-order valence-electron chi connectivity index (χ0n) is 20.1. The van der Waals surface area contributed by atoms with Gasteiger partial charge in [-0.25, -0.2) is 8.42 Å². The van der Waals surface area contributed by atoms with Crippen LogP contribution >= 0.6 is 0 Å². The van der Waals surface area contributed by atoms with Crippen molar-refractivity contribution in [1.29, 1.82) is 0 Å². The van der Waals surface area contributed by atoms with Crippen LogP contribution in [-0.2, 0) is 34.5 Å². The summed E-state index contributed by atoms with van der Waals surface area (Å²) in [6, 6.07) is 13.8. The molecule has 3 atom stereocenters. The lowest BCUT2D eigenvalue weighted by Crippen LogP contribution is -2.52. The Labute approximate surface area is 205 Å². The molecule has 0 amide bonds.